The van der Waals surface area contributed by atoms with E-state index in [2.05, 4.69) is 6.92 Å². The second-order valence-corrected chi connectivity index (χ2v) is 9.52. The molecule has 0 saturated heterocycles. The third kappa shape index (κ3) is 11.7. The topological polar surface area (TPSA) is 55.4 Å². The second kappa shape index (κ2) is 16.1. The predicted molar refractivity (Wildman–Crippen MR) is 92.0 cm³/mol. The van der Waals surface area contributed by atoms with E-state index in [0.29, 0.717) is 31.6 Å². The molecule has 0 aromatic carbocycles. The molecule has 0 atom stereocenters. The van der Waals surface area contributed by atoms with Crippen LogP contribution in [0.2, 0.25) is 5.16 Å². The molecule has 0 aromatic rings. The van der Waals surface area contributed by atoms with Crippen LogP contribution in [0.3, 0.4) is 0 Å². The highest BCUT2D eigenvalue weighted by Crippen LogP contribution is 2.14. The molecule has 0 saturated carbocycles. The lowest BCUT2D eigenvalue weighted by atomic mass is 10.4. The molecule has 0 radical (unpaired) electrons. The average Bonchev–Trinajstić information content (AvgIpc) is 2.50. The van der Waals surface area contributed by atoms with Crippen molar-refractivity contribution in [3.63, 3.8) is 0 Å². The second-order valence-electron chi connectivity index (χ2n) is 4.72. The maximum atomic E-state index is 5.86. The van der Waals surface area contributed by atoms with Crippen molar-refractivity contribution >= 4 is 19.5 Å². The summed E-state index contributed by atoms with van der Waals surface area (Å²) in [5.41, 5.74) is 0. The fourth-order valence-corrected chi connectivity index (χ4v) is 5.48. The smallest absolute Gasteiger partial charge is 0.261 e. The number of ether oxygens (including phenoxy) is 4. The van der Waals surface area contributed by atoms with E-state index < -0.39 is 32.5 Å². The van der Waals surface area contributed by atoms with E-state index >= 15 is 0 Å². The van der Waals surface area contributed by atoms with Gasteiger partial charge in [-0.3, -0.25) is 0 Å². The van der Waals surface area contributed by atoms with Gasteiger partial charge in [0.1, 0.15) is 0 Å². The van der Waals surface area contributed by atoms with Gasteiger partial charge in [-0.25, -0.2) is 0 Å². The zero-order chi connectivity index (χ0) is 16.6. The molecule has 0 aliphatic heterocycles. The molecule has 0 bridgehead atoms. The Morgan fingerprint density at radius 2 is 1.00 bits per heavy atom. The first-order valence-electron chi connectivity index (χ1n) is 8.41. The largest absolute Gasteiger partial charge is 0.378 e. The highest BCUT2D eigenvalue weighted by atomic mass is 28.3. The summed E-state index contributed by atoms with van der Waals surface area (Å²) in [7, 11) is -1.54. The minimum absolute atomic E-state index is 0.524. The minimum Gasteiger partial charge on any atom is -0.378 e. The Bertz CT molecular complexity index is 203. The Balaban J connectivity index is 4.21. The molecule has 6 nitrogen and oxygen atoms in total. The Morgan fingerprint density at radius 1 is 0.636 bits per heavy atom. The van der Waals surface area contributed by atoms with Gasteiger partial charge in [-0.05, 0) is 32.9 Å². The van der Waals surface area contributed by atoms with Crippen LogP contribution >= 0.6 is 0 Å². The molecule has 0 aliphatic carbocycles. The zero-order valence-corrected chi connectivity index (χ0v) is 17.7. The molecule has 134 valence electrons. The Labute approximate surface area is 140 Å². The average molecular weight is 355 g/mol. The van der Waals surface area contributed by atoms with E-state index in [4.69, 9.17) is 27.8 Å². The van der Waals surface area contributed by atoms with E-state index in [1.807, 2.05) is 27.7 Å². The van der Waals surface area contributed by atoms with Gasteiger partial charge in [0.05, 0.1) is 0 Å². The zero-order valence-electron chi connectivity index (χ0n) is 14.8. The van der Waals surface area contributed by atoms with E-state index in [-0.39, 0.29) is 0 Å². The summed E-state index contributed by atoms with van der Waals surface area (Å²) in [4.78, 5) is 0. The van der Waals surface area contributed by atoms with E-state index in [0.717, 1.165) is 12.8 Å². The molecule has 0 fully saturated rings. The van der Waals surface area contributed by atoms with Gasteiger partial charge in [-0.2, -0.15) is 0 Å². The molecular weight excluding hydrogens is 320 g/mol. The highest BCUT2D eigenvalue weighted by Gasteiger charge is 2.18. The van der Waals surface area contributed by atoms with Crippen LogP contribution in [0.4, 0.5) is 0 Å². The Kier molecular flexibility index (Phi) is 16.2. The third-order valence-electron chi connectivity index (χ3n) is 2.84. The SMILES string of the molecule is CCCC([SiH2]OC(OCC)OCC)[SiH2]OC(OCC)OCC. The molecule has 0 spiro atoms. The summed E-state index contributed by atoms with van der Waals surface area (Å²) in [6.07, 6.45) is 2.24. The summed E-state index contributed by atoms with van der Waals surface area (Å²) in [5.74, 6) is 0. The first kappa shape index (κ1) is 22.2. The van der Waals surface area contributed by atoms with Gasteiger partial charge in [0, 0.05) is 26.4 Å². The summed E-state index contributed by atoms with van der Waals surface area (Å²) in [6.45, 7) is 11.2. The van der Waals surface area contributed by atoms with Crippen molar-refractivity contribution < 1.29 is 27.8 Å². The van der Waals surface area contributed by atoms with E-state index in [1.165, 1.54) is 0 Å². The normalized spacial score (nSPS) is 14.3. The van der Waals surface area contributed by atoms with Crippen molar-refractivity contribution in [1.29, 1.82) is 0 Å². The quantitative estimate of drug-likeness (QED) is 0.309. The fraction of sp³-hybridized carbons (Fsp3) is 1.00. The molecule has 0 unspecified atom stereocenters. The number of hydrogen-bond donors (Lipinski definition) is 0. The van der Waals surface area contributed by atoms with Gasteiger partial charge in [0.2, 0.25) is 0 Å². The number of hydrogen-bond acceptors (Lipinski definition) is 6. The molecule has 0 rings (SSSR count). The summed E-state index contributed by atoms with van der Waals surface area (Å²) < 4.78 is 33.4. The molecule has 0 heterocycles. The molecule has 0 aliphatic rings. The monoisotopic (exact) mass is 354 g/mol. The first-order chi connectivity index (χ1) is 10.7. The van der Waals surface area contributed by atoms with Crippen molar-refractivity contribution in [2.75, 3.05) is 26.4 Å². The molecule has 0 N–H and O–H groups in total. The van der Waals surface area contributed by atoms with Crippen LogP contribution in [0.5, 0.6) is 0 Å². The van der Waals surface area contributed by atoms with Gasteiger partial charge in [0.15, 0.2) is 19.5 Å². The lowest BCUT2D eigenvalue weighted by molar-refractivity contribution is -0.245. The standard InChI is InChI=1S/C14H34O6Si2/c1-6-11-12(21-19-13(15-7-2)16-8-3)22-20-14(17-9-4)18-10-5/h12-14H,6-11,21-22H2,1-5H3. The van der Waals surface area contributed by atoms with Gasteiger partial charge in [-0.1, -0.05) is 19.8 Å². The van der Waals surface area contributed by atoms with Crippen LogP contribution in [0.15, 0.2) is 0 Å². The van der Waals surface area contributed by atoms with Crippen molar-refractivity contribution in [2.45, 2.75) is 65.6 Å². The lowest BCUT2D eigenvalue weighted by Crippen LogP contribution is -2.30. The van der Waals surface area contributed by atoms with Crippen molar-refractivity contribution in [1.82, 2.24) is 0 Å². The van der Waals surface area contributed by atoms with Crippen LogP contribution in [-0.2, 0) is 27.8 Å². The van der Waals surface area contributed by atoms with Crippen LogP contribution < -0.4 is 0 Å². The number of rotatable bonds is 16. The molecule has 8 heteroatoms. The van der Waals surface area contributed by atoms with Gasteiger partial charge >= 0.3 is 0 Å². The summed E-state index contributed by atoms with van der Waals surface area (Å²) in [6, 6.07) is 0. The van der Waals surface area contributed by atoms with E-state index in [9.17, 15) is 0 Å². The van der Waals surface area contributed by atoms with Crippen LogP contribution in [0.1, 0.15) is 47.5 Å². The Hall–Kier alpha value is 0.194. The van der Waals surface area contributed by atoms with Crippen molar-refractivity contribution in [3.05, 3.63) is 0 Å². The van der Waals surface area contributed by atoms with Crippen molar-refractivity contribution in [2.24, 2.45) is 0 Å². The minimum atomic E-state index is -0.769. The summed E-state index contributed by atoms with van der Waals surface area (Å²) in [5, 5.41) is 0.525. The van der Waals surface area contributed by atoms with Crippen LogP contribution in [0, 0.1) is 0 Å². The first-order valence-corrected chi connectivity index (χ1v) is 11.2. The van der Waals surface area contributed by atoms with Gasteiger partial charge < -0.3 is 27.8 Å². The molecule has 0 aromatic heterocycles. The lowest BCUT2D eigenvalue weighted by Gasteiger charge is -2.23. The fourth-order valence-electron chi connectivity index (χ4n) is 1.89. The van der Waals surface area contributed by atoms with Crippen molar-refractivity contribution in [3.8, 4) is 0 Å². The van der Waals surface area contributed by atoms with Gasteiger partial charge in [0.25, 0.3) is 13.0 Å². The molecule has 22 heavy (non-hydrogen) atoms. The Morgan fingerprint density at radius 3 is 1.27 bits per heavy atom. The van der Waals surface area contributed by atoms with Crippen LogP contribution in [-0.4, -0.2) is 58.9 Å². The van der Waals surface area contributed by atoms with Crippen LogP contribution in [0.25, 0.3) is 0 Å². The summed E-state index contributed by atoms with van der Waals surface area (Å²) >= 11 is 0. The highest BCUT2D eigenvalue weighted by molar-refractivity contribution is 6.51. The maximum Gasteiger partial charge on any atom is 0.261 e. The van der Waals surface area contributed by atoms with E-state index in [1.54, 1.807) is 0 Å². The van der Waals surface area contributed by atoms with Gasteiger partial charge in [-0.15, -0.1) is 0 Å². The third-order valence-corrected chi connectivity index (χ3v) is 6.95. The molecular formula is C14H34O6Si2. The maximum absolute atomic E-state index is 5.86. The molecule has 0 amide bonds. The predicted octanol–water partition coefficient (Wildman–Crippen LogP) is 1.45.